The molecule has 0 saturated carbocycles. The van der Waals surface area contributed by atoms with Crippen molar-refractivity contribution in [1.29, 1.82) is 0 Å². The van der Waals surface area contributed by atoms with Crippen molar-refractivity contribution in [3.8, 4) is 0 Å². The Balaban J connectivity index is 0.00000370. The molecule has 0 radical (unpaired) electrons. The topological polar surface area (TPSA) is 177 Å². The van der Waals surface area contributed by atoms with E-state index >= 15 is 0 Å². The molecule has 0 spiro atoms. The Hall–Kier alpha value is -2.74. The van der Waals surface area contributed by atoms with Crippen LogP contribution in [0.25, 0.3) is 0 Å². The van der Waals surface area contributed by atoms with Crippen LogP contribution < -0.4 is 16.2 Å². The second-order valence-corrected chi connectivity index (χ2v) is 11.9. The summed E-state index contributed by atoms with van der Waals surface area (Å²) < 4.78 is 4.20. The van der Waals surface area contributed by atoms with Crippen molar-refractivity contribution in [2.75, 3.05) is 33.2 Å². The number of hydrogen-bond acceptors (Lipinski definition) is 10. The molecule has 14 nitrogen and oxygen atoms in total. The fraction of sp³-hybridized carbons (Fsp3) is 0.583. The van der Waals surface area contributed by atoms with Crippen LogP contribution in [0.1, 0.15) is 19.8 Å². The number of tetrazole rings is 1. The molecule has 16 heteroatoms. The summed E-state index contributed by atoms with van der Waals surface area (Å²) in [6, 6.07) is -0.996. The fourth-order valence-electron chi connectivity index (χ4n) is 5.75. The van der Waals surface area contributed by atoms with Gasteiger partial charge in [0.1, 0.15) is 12.9 Å². The normalized spacial score (nSPS) is 26.4. The molecular formula is C24H33MoN10O4S-. The van der Waals surface area contributed by atoms with Gasteiger partial charge < -0.3 is 30.3 Å². The van der Waals surface area contributed by atoms with Crippen LogP contribution in [0.4, 0.5) is 0 Å². The predicted molar refractivity (Wildman–Crippen MR) is 137 cm³/mol. The molecule has 5 heterocycles. The number of carboxylic acids is 1. The molecule has 2 aromatic heterocycles. The van der Waals surface area contributed by atoms with E-state index in [9.17, 15) is 19.5 Å². The molecule has 216 valence electrons. The van der Waals surface area contributed by atoms with E-state index in [1.165, 1.54) is 27.7 Å². The van der Waals surface area contributed by atoms with Crippen molar-refractivity contribution >= 4 is 29.5 Å². The van der Waals surface area contributed by atoms with Crippen molar-refractivity contribution in [2.45, 2.75) is 49.8 Å². The smallest absolute Gasteiger partial charge is 0.242 e. The first-order chi connectivity index (χ1) is 18.7. The van der Waals surface area contributed by atoms with E-state index in [1.807, 2.05) is 10.9 Å². The van der Waals surface area contributed by atoms with Gasteiger partial charge in [0.15, 0.2) is 0 Å². The van der Waals surface area contributed by atoms with Crippen LogP contribution in [-0.2, 0) is 48.5 Å². The molecule has 0 bridgehead atoms. The van der Waals surface area contributed by atoms with Crippen molar-refractivity contribution in [2.24, 2.45) is 17.6 Å². The predicted octanol–water partition coefficient (Wildman–Crippen LogP) is -2.01. The van der Waals surface area contributed by atoms with E-state index in [0.29, 0.717) is 17.4 Å². The first kappa shape index (κ1) is 30.2. The number of rotatable bonds is 11. The molecule has 3 aliphatic heterocycles. The second-order valence-electron chi connectivity index (χ2n) is 10.8. The number of hydrogen-bond donors (Lipinski definition) is 2. The third-order valence-electron chi connectivity index (χ3n) is 7.91. The summed E-state index contributed by atoms with van der Waals surface area (Å²) in [5.41, 5.74) is 5.63. The van der Waals surface area contributed by atoms with Crippen LogP contribution in [0, 0.1) is 18.3 Å². The summed E-state index contributed by atoms with van der Waals surface area (Å²) in [6.07, 6.45) is 8.93. The Morgan fingerprint density at radius 2 is 2.08 bits per heavy atom. The number of nitrogens with two attached hydrogens (primary N) is 1. The number of nitrogens with one attached hydrogen (secondary N) is 1. The van der Waals surface area contributed by atoms with Gasteiger partial charge >= 0.3 is 0 Å². The first-order valence-corrected chi connectivity index (χ1v) is 13.9. The largest absolute Gasteiger partial charge is 0.564 e. The Kier molecular flexibility index (Phi) is 9.38. The summed E-state index contributed by atoms with van der Waals surface area (Å²) in [4.78, 5) is 39.8. The van der Waals surface area contributed by atoms with Gasteiger partial charge in [-0.3, -0.25) is 14.3 Å². The molecule has 3 atom stereocenters. The molecule has 2 aromatic rings. The first-order valence-electron chi connectivity index (χ1n) is 13.0. The summed E-state index contributed by atoms with van der Waals surface area (Å²) >= 11 is 1.25. The number of aliphatic carboxylic acids is 1. The molecule has 2 fully saturated rings. The second kappa shape index (κ2) is 12.4. The number of likely N-dealkylation sites (N-methyl/N-ethyl adjacent to an activating group) is 1. The number of amides is 2. The number of quaternary nitrogens is 1. The molecule has 3 aliphatic rings. The van der Waals surface area contributed by atoms with Gasteiger partial charge in [-0.15, -0.1) is 21.8 Å². The zero-order valence-electron chi connectivity index (χ0n) is 22.4. The average molecular weight is 654 g/mol. The molecule has 0 unspecified atom stereocenters. The van der Waals surface area contributed by atoms with E-state index in [2.05, 4.69) is 33.0 Å². The number of piperidine rings is 1. The monoisotopic (exact) mass is 655 g/mol. The molecular weight excluding hydrogens is 620 g/mol. The van der Waals surface area contributed by atoms with E-state index < -0.39 is 24.0 Å². The molecule has 2 amide bonds. The maximum atomic E-state index is 13.0. The minimum absolute atomic E-state index is 0. The molecule has 0 aliphatic carbocycles. The molecule has 5 rings (SSSR count). The van der Waals surface area contributed by atoms with Gasteiger partial charge in [-0.25, -0.2) is 4.68 Å². The summed E-state index contributed by atoms with van der Waals surface area (Å²) in [5, 5.41) is 29.9. The number of carbonyl (C=O) groups is 3. The number of carbonyl (C=O) groups excluding carboxylic acids is 3. The van der Waals surface area contributed by atoms with Crippen molar-refractivity contribution in [3.63, 3.8) is 0 Å². The van der Waals surface area contributed by atoms with Crippen LogP contribution in [0.15, 0.2) is 34.2 Å². The van der Waals surface area contributed by atoms with Crippen LogP contribution in [0.2, 0.25) is 0 Å². The molecule has 0 aromatic carbocycles. The number of aromatic nitrogens is 6. The summed E-state index contributed by atoms with van der Waals surface area (Å²) in [7, 11) is 2.26. The van der Waals surface area contributed by atoms with Gasteiger partial charge in [-0.2, -0.15) is 11.5 Å². The zero-order chi connectivity index (χ0) is 27.7. The van der Waals surface area contributed by atoms with E-state index in [-0.39, 0.29) is 45.1 Å². The summed E-state index contributed by atoms with van der Waals surface area (Å²) in [6.45, 7) is 6.33. The van der Waals surface area contributed by atoms with Gasteiger partial charge in [0.25, 0.3) is 0 Å². The van der Waals surface area contributed by atoms with Crippen LogP contribution >= 0.6 is 11.8 Å². The van der Waals surface area contributed by atoms with E-state index in [1.54, 1.807) is 19.5 Å². The van der Waals surface area contributed by atoms with Gasteiger partial charge in [-0.05, 0) is 29.3 Å². The van der Waals surface area contributed by atoms with Gasteiger partial charge in [0.05, 0.1) is 38.8 Å². The van der Waals surface area contributed by atoms with Crippen molar-refractivity contribution in [1.82, 2.24) is 40.2 Å². The summed E-state index contributed by atoms with van der Waals surface area (Å²) in [5.74, 6) is -2.19. The van der Waals surface area contributed by atoms with E-state index in [4.69, 9.17) is 5.73 Å². The molecule has 40 heavy (non-hydrogen) atoms. The number of nitrogens with zero attached hydrogens (tertiary/aromatic N) is 8. The zero-order valence-corrected chi connectivity index (χ0v) is 25.2. The Bertz CT molecular complexity index is 1260. The van der Waals surface area contributed by atoms with Crippen molar-refractivity contribution < 1.29 is 45.0 Å². The minimum atomic E-state index is -1.41. The Morgan fingerprint density at radius 1 is 1.32 bits per heavy atom. The van der Waals surface area contributed by atoms with Gasteiger partial charge in [0, 0.05) is 70.1 Å². The quantitative estimate of drug-likeness (QED) is 0.119. The number of likely N-dealkylation sites (tertiary alicyclic amines) is 1. The van der Waals surface area contributed by atoms with Gasteiger partial charge in [0.2, 0.25) is 11.8 Å². The van der Waals surface area contributed by atoms with Crippen LogP contribution in [-0.4, -0.2) is 102 Å². The minimum Gasteiger partial charge on any atom is -0.564 e. The van der Waals surface area contributed by atoms with Crippen molar-refractivity contribution in [3.05, 3.63) is 35.7 Å². The number of carboxylic acid groups (broad SMARTS) is 1. The van der Waals surface area contributed by atoms with Crippen LogP contribution in [0.5, 0.6) is 0 Å². The molecule has 2 saturated heterocycles. The third kappa shape index (κ3) is 6.27. The average Bonchev–Trinajstić information content (AvgIpc) is 3.61. The van der Waals surface area contributed by atoms with Gasteiger partial charge in [-0.1, -0.05) is 5.70 Å². The standard InChI is InChI=1S/C24H34N10O4S.Mo/c1-15(28-20(35)13-32-14-26-29-30-32)21-18-9-19(22(24(37)38)33(18)23(21)36)39-17-10-27-31(12-17)11-16-3-6-34(2,7-4-16)8-5-25;/h9-10,12,14-16,18,21H,3-8,11,13,25H2,1-2H3,(H,28,35)(H,37,38);/p-1/t15-,16?,18-,21-,34?;/m1./s1. The Labute approximate surface area is 250 Å². The Morgan fingerprint density at radius 3 is 2.73 bits per heavy atom. The SMILES string of the molecule is C[C@@H](NC(=O)Cn1cnnn1)[C@H]1C(=O)N2C(C(=O)[O-])=C(Sc3cnn(CC4CC[N+](C)(CCN)CC4)c3)[CH-][C@H]12.[Mo]. The number of β-lactam (4-membered cyclic amide) rings is 1. The van der Waals surface area contributed by atoms with E-state index in [0.717, 1.165) is 48.4 Å². The molecule has 3 N–H and O–H groups in total. The van der Waals surface area contributed by atoms with Crippen LogP contribution in [0.3, 0.4) is 0 Å². The maximum Gasteiger partial charge on any atom is 0.242 e. The maximum absolute atomic E-state index is 13.0. The third-order valence-corrected chi connectivity index (χ3v) is 8.90. The number of thioether (sulfide) groups is 1. The number of fused-ring (bicyclic) bond motifs is 1. The fourth-order valence-corrected chi connectivity index (χ4v) is 6.77.